The molecule has 164 valence electrons. The van der Waals surface area contributed by atoms with Crippen LogP contribution in [0.2, 0.25) is 5.02 Å². The molecule has 0 bridgehead atoms. The molecule has 2 heterocycles. The Labute approximate surface area is 192 Å². The van der Waals surface area contributed by atoms with Crippen LogP contribution >= 0.6 is 23.4 Å². The quantitative estimate of drug-likeness (QED) is 0.301. The average Bonchev–Trinajstić information content (AvgIpc) is 3.06. The molecular weight excluding hydrogens is 434 g/mol. The van der Waals surface area contributed by atoms with Crippen LogP contribution < -0.4 is 0 Å². The zero-order valence-corrected chi connectivity index (χ0v) is 19.4. The lowest BCUT2D eigenvalue weighted by atomic mass is 10.1. The van der Waals surface area contributed by atoms with Crippen molar-refractivity contribution in [1.29, 1.82) is 0 Å². The van der Waals surface area contributed by atoms with Crippen LogP contribution in [0.5, 0.6) is 0 Å². The molecule has 0 aliphatic carbocycles. The van der Waals surface area contributed by atoms with Gasteiger partial charge in [0.15, 0.2) is 0 Å². The molecule has 0 aliphatic heterocycles. The van der Waals surface area contributed by atoms with Crippen molar-refractivity contribution in [3.8, 4) is 0 Å². The number of carbonyl (C=O) groups is 1. The van der Waals surface area contributed by atoms with Gasteiger partial charge in [-0.15, -0.1) is 0 Å². The second-order valence-electron chi connectivity index (χ2n) is 7.27. The van der Waals surface area contributed by atoms with E-state index in [1.54, 1.807) is 24.2 Å². The van der Waals surface area contributed by atoms with Crippen LogP contribution in [0.4, 0.5) is 0 Å². The zero-order chi connectivity index (χ0) is 22.2. The Morgan fingerprint density at radius 2 is 1.97 bits per heavy atom. The van der Waals surface area contributed by atoms with E-state index in [-0.39, 0.29) is 18.5 Å². The molecule has 3 rings (SSSR count). The highest BCUT2D eigenvalue weighted by Crippen LogP contribution is 2.36. The average molecular weight is 460 g/mol. The maximum atomic E-state index is 10.9. The van der Waals surface area contributed by atoms with Crippen molar-refractivity contribution in [3.63, 3.8) is 0 Å². The fraction of sp³-hybridized carbons (Fsp3) is 0.348. The Morgan fingerprint density at radius 1 is 1.19 bits per heavy atom. The molecule has 1 aromatic carbocycles. The summed E-state index contributed by atoms with van der Waals surface area (Å²) in [5, 5.41) is 1.76. The second-order valence-corrected chi connectivity index (χ2v) is 8.77. The first-order valence-electron chi connectivity index (χ1n) is 10.1. The molecule has 31 heavy (non-hydrogen) atoms. The van der Waals surface area contributed by atoms with E-state index in [1.807, 2.05) is 36.4 Å². The van der Waals surface area contributed by atoms with Gasteiger partial charge in [-0.25, -0.2) is 4.98 Å². The summed E-state index contributed by atoms with van der Waals surface area (Å²) >= 11 is 7.86. The van der Waals surface area contributed by atoms with Gasteiger partial charge in [-0.05, 0) is 41.8 Å². The molecule has 6 nitrogen and oxygen atoms in total. The van der Waals surface area contributed by atoms with Crippen molar-refractivity contribution in [2.24, 2.45) is 0 Å². The maximum absolute atomic E-state index is 10.9. The van der Waals surface area contributed by atoms with Crippen LogP contribution in [0.25, 0.3) is 0 Å². The molecule has 8 heteroatoms. The van der Waals surface area contributed by atoms with Crippen LogP contribution in [0.15, 0.2) is 58.7 Å². The Kier molecular flexibility index (Phi) is 8.51. The Morgan fingerprint density at radius 3 is 2.65 bits per heavy atom. The van der Waals surface area contributed by atoms with E-state index in [0.717, 1.165) is 27.0 Å². The number of esters is 1. The monoisotopic (exact) mass is 459 g/mol. The number of carbonyl (C=O) groups excluding carboxylic acids is 1. The Hall–Kier alpha value is -2.35. The predicted octanol–water partition coefficient (Wildman–Crippen LogP) is 5.33. The van der Waals surface area contributed by atoms with E-state index in [0.29, 0.717) is 24.8 Å². The largest absolute Gasteiger partial charge is 0.463 e. The third-order valence-corrected chi connectivity index (χ3v) is 5.78. The van der Waals surface area contributed by atoms with Crippen LogP contribution in [0.3, 0.4) is 0 Å². The number of imidazole rings is 1. The first kappa shape index (κ1) is 23.3. The number of benzene rings is 1. The number of nitrogens with zero attached hydrogens (tertiary/aromatic N) is 3. The summed E-state index contributed by atoms with van der Waals surface area (Å²) < 4.78 is 12.9. The highest BCUT2D eigenvalue weighted by atomic mass is 35.5. The highest BCUT2D eigenvalue weighted by Gasteiger charge is 2.21. The van der Waals surface area contributed by atoms with Crippen molar-refractivity contribution in [1.82, 2.24) is 14.5 Å². The third kappa shape index (κ3) is 6.82. The first-order valence-corrected chi connectivity index (χ1v) is 11.3. The van der Waals surface area contributed by atoms with E-state index < -0.39 is 0 Å². The summed E-state index contributed by atoms with van der Waals surface area (Å²) in [4.78, 5) is 21.0. The molecule has 0 saturated carbocycles. The van der Waals surface area contributed by atoms with Gasteiger partial charge in [0.1, 0.15) is 24.1 Å². The lowest BCUT2D eigenvalue weighted by Crippen LogP contribution is -2.11. The molecule has 0 radical (unpaired) electrons. The zero-order valence-electron chi connectivity index (χ0n) is 17.9. The van der Waals surface area contributed by atoms with Gasteiger partial charge in [0.05, 0.1) is 18.8 Å². The minimum Gasteiger partial charge on any atom is -0.463 e. The smallest absolute Gasteiger partial charge is 0.302 e. The van der Waals surface area contributed by atoms with Gasteiger partial charge >= 0.3 is 5.97 Å². The topological polar surface area (TPSA) is 66.2 Å². The third-order valence-electron chi connectivity index (χ3n) is 4.44. The van der Waals surface area contributed by atoms with E-state index in [1.165, 1.54) is 6.92 Å². The summed E-state index contributed by atoms with van der Waals surface area (Å²) in [7, 11) is 0. The van der Waals surface area contributed by atoms with Gasteiger partial charge in [0.2, 0.25) is 0 Å². The fourth-order valence-corrected chi connectivity index (χ4v) is 4.46. The van der Waals surface area contributed by atoms with E-state index >= 15 is 0 Å². The normalized spacial score (nSPS) is 11.1. The van der Waals surface area contributed by atoms with Gasteiger partial charge in [0, 0.05) is 29.2 Å². The first-order chi connectivity index (χ1) is 14.9. The summed E-state index contributed by atoms with van der Waals surface area (Å²) in [5.74, 6) is 0.748. The van der Waals surface area contributed by atoms with Gasteiger partial charge in [-0.1, -0.05) is 43.3 Å². The highest BCUT2D eigenvalue weighted by molar-refractivity contribution is 7.99. The van der Waals surface area contributed by atoms with Crippen LogP contribution in [-0.4, -0.2) is 33.7 Å². The fourth-order valence-electron chi connectivity index (χ4n) is 2.98. The van der Waals surface area contributed by atoms with Crippen molar-refractivity contribution in [3.05, 3.63) is 70.9 Å². The number of aromatic nitrogens is 3. The van der Waals surface area contributed by atoms with Crippen molar-refractivity contribution >= 4 is 29.3 Å². The SMILES string of the molecule is CC(=O)OCCOCc1nc(C(C)C)c(Sc2cccc(Cl)c2)n1Cc1ccncc1. The molecule has 0 saturated heterocycles. The number of halogens is 1. The summed E-state index contributed by atoms with van der Waals surface area (Å²) in [6.07, 6.45) is 3.57. The van der Waals surface area contributed by atoms with Crippen LogP contribution in [-0.2, 0) is 27.4 Å². The predicted molar refractivity (Wildman–Crippen MR) is 122 cm³/mol. The molecule has 0 atom stereocenters. The van der Waals surface area contributed by atoms with Gasteiger partial charge < -0.3 is 14.0 Å². The van der Waals surface area contributed by atoms with Crippen LogP contribution in [0, 0.1) is 0 Å². The standard InChI is InChI=1S/C23H26ClN3O3S/c1-16(2)22-23(31-20-6-4-5-19(24)13-20)27(14-18-7-9-25-10-8-18)21(26-22)15-29-11-12-30-17(3)28/h4-10,13,16H,11-12,14-15H2,1-3H3. The molecule has 0 amide bonds. The molecule has 0 unspecified atom stereocenters. The molecule has 2 aromatic heterocycles. The molecule has 0 fully saturated rings. The Bertz CT molecular complexity index is 1010. The summed E-state index contributed by atoms with van der Waals surface area (Å²) in [5.41, 5.74) is 2.13. The summed E-state index contributed by atoms with van der Waals surface area (Å²) in [6, 6.07) is 11.8. The minimum absolute atomic E-state index is 0.224. The van der Waals surface area contributed by atoms with E-state index in [4.69, 9.17) is 26.1 Å². The van der Waals surface area contributed by atoms with Crippen molar-refractivity contribution in [2.75, 3.05) is 13.2 Å². The number of pyridine rings is 1. The lowest BCUT2D eigenvalue weighted by molar-refractivity contribution is -0.142. The van der Waals surface area contributed by atoms with E-state index in [9.17, 15) is 4.79 Å². The van der Waals surface area contributed by atoms with Gasteiger partial charge in [-0.2, -0.15) is 0 Å². The van der Waals surface area contributed by atoms with Gasteiger partial charge in [-0.3, -0.25) is 9.78 Å². The number of hydrogen-bond donors (Lipinski definition) is 0. The second kappa shape index (κ2) is 11.3. The Balaban J connectivity index is 1.91. The molecule has 0 aliphatic rings. The van der Waals surface area contributed by atoms with Gasteiger partial charge in [0.25, 0.3) is 0 Å². The molecule has 3 aromatic rings. The number of ether oxygens (including phenoxy) is 2. The molecule has 0 spiro atoms. The van der Waals surface area contributed by atoms with Crippen molar-refractivity contribution in [2.45, 2.75) is 49.8 Å². The van der Waals surface area contributed by atoms with Crippen molar-refractivity contribution < 1.29 is 14.3 Å². The molecule has 0 N–H and O–H groups in total. The minimum atomic E-state index is -0.315. The lowest BCUT2D eigenvalue weighted by Gasteiger charge is -2.14. The summed E-state index contributed by atoms with van der Waals surface area (Å²) in [6.45, 7) is 7.15. The molecular formula is C23H26ClN3O3S. The number of rotatable bonds is 10. The number of hydrogen-bond acceptors (Lipinski definition) is 6. The van der Waals surface area contributed by atoms with E-state index in [2.05, 4.69) is 23.4 Å². The van der Waals surface area contributed by atoms with Crippen LogP contribution in [0.1, 0.15) is 43.8 Å². The maximum Gasteiger partial charge on any atom is 0.302 e.